The number of H-pyrrole nitrogens is 1. The van der Waals surface area contributed by atoms with E-state index in [1.807, 2.05) is 31.2 Å². The first-order valence-corrected chi connectivity index (χ1v) is 13.6. The Labute approximate surface area is 223 Å². The van der Waals surface area contributed by atoms with Crippen LogP contribution in [0.5, 0.6) is 11.5 Å². The molecule has 38 heavy (non-hydrogen) atoms. The molecule has 2 saturated heterocycles. The van der Waals surface area contributed by atoms with Gasteiger partial charge in [-0.1, -0.05) is 19.1 Å². The molecule has 2 N–H and O–H groups in total. The molecule has 3 aliphatic rings. The van der Waals surface area contributed by atoms with E-state index in [0.717, 1.165) is 59.0 Å². The van der Waals surface area contributed by atoms with Crippen LogP contribution in [-0.4, -0.2) is 82.0 Å². The first kappa shape index (κ1) is 24.8. The highest BCUT2D eigenvalue weighted by molar-refractivity contribution is 6.00. The first-order valence-electron chi connectivity index (χ1n) is 13.6. The number of phenolic OH excluding ortho intramolecular Hbond substituents is 1. The Morgan fingerprint density at radius 3 is 2.63 bits per heavy atom. The van der Waals surface area contributed by atoms with E-state index in [-0.39, 0.29) is 24.1 Å². The summed E-state index contributed by atoms with van der Waals surface area (Å²) in [6.07, 6.45) is 2.76. The molecule has 3 aliphatic heterocycles. The normalized spacial score (nSPS) is 24.6. The Hall–Kier alpha value is -3.52. The lowest BCUT2D eigenvalue weighted by molar-refractivity contribution is -0.167. The van der Waals surface area contributed by atoms with Gasteiger partial charge in [-0.25, -0.2) is 0 Å². The molecule has 0 aliphatic carbocycles. The van der Waals surface area contributed by atoms with E-state index in [1.165, 1.54) is 12.8 Å². The number of piperazine rings is 1. The number of piperidine rings is 1. The molecule has 0 saturated carbocycles. The van der Waals surface area contributed by atoms with Gasteiger partial charge >= 0.3 is 0 Å². The smallest absolute Gasteiger partial charge is 0.249 e. The number of aromatic amines is 1. The molecule has 4 heterocycles. The Morgan fingerprint density at radius 2 is 1.89 bits per heavy atom. The van der Waals surface area contributed by atoms with Crippen molar-refractivity contribution in [2.45, 2.75) is 44.7 Å². The summed E-state index contributed by atoms with van der Waals surface area (Å²) in [5.74, 6) is 1.52. The third-order valence-corrected chi connectivity index (χ3v) is 8.82. The number of hydrogen-bond acceptors (Lipinski definition) is 5. The van der Waals surface area contributed by atoms with Gasteiger partial charge in [0.25, 0.3) is 0 Å². The maximum absolute atomic E-state index is 14.2. The second kappa shape index (κ2) is 9.34. The molecule has 2 aromatic carbocycles. The van der Waals surface area contributed by atoms with Crippen LogP contribution in [0.2, 0.25) is 0 Å². The van der Waals surface area contributed by atoms with Gasteiger partial charge in [-0.3, -0.25) is 9.59 Å². The van der Waals surface area contributed by atoms with Crippen molar-refractivity contribution in [3.05, 3.63) is 59.3 Å². The lowest BCUT2D eigenvalue weighted by Crippen LogP contribution is -2.70. The molecule has 2 amide bonds. The summed E-state index contributed by atoms with van der Waals surface area (Å²) in [6, 6.07) is 12.4. The number of nitrogens with zero attached hydrogens (tertiary/aromatic N) is 3. The highest BCUT2D eigenvalue weighted by Crippen LogP contribution is 2.47. The van der Waals surface area contributed by atoms with Gasteiger partial charge in [0, 0.05) is 36.1 Å². The maximum Gasteiger partial charge on any atom is 0.249 e. The van der Waals surface area contributed by atoms with Crippen LogP contribution in [0, 0.1) is 5.92 Å². The minimum atomic E-state index is -1.05. The predicted molar refractivity (Wildman–Crippen MR) is 145 cm³/mol. The summed E-state index contributed by atoms with van der Waals surface area (Å²) in [5.41, 5.74) is 2.55. The van der Waals surface area contributed by atoms with Crippen LogP contribution in [0.25, 0.3) is 10.9 Å². The summed E-state index contributed by atoms with van der Waals surface area (Å²) in [4.78, 5) is 37.6. The van der Waals surface area contributed by atoms with Gasteiger partial charge in [-0.05, 0) is 80.2 Å². The second-order valence-corrected chi connectivity index (χ2v) is 11.4. The maximum atomic E-state index is 14.2. The Bertz CT molecular complexity index is 1390. The number of amides is 2. The van der Waals surface area contributed by atoms with Crippen molar-refractivity contribution >= 4 is 22.7 Å². The fourth-order valence-electron chi connectivity index (χ4n) is 6.63. The molecule has 3 aromatic rings. The zero-order chi connectivity index (χ0) is 26.6. The molecule has 0 spiro atoms. The van der Waals surface area contributed by atoms with E-state index in [2.05, 4.69) is 16.8 Å². The van der Waals surface area contributed by atoms with Crippen LogP contribution in [-0.2, 0) is 16.0 Å². The molecule has 1 aromatic heterocycles. The van der Waals surface area contributed by atoms with Gasteiger partial charge in [0.1, 0.15) is 17.0 Å². The molecule has 8 nitrogen and oxygen atoms in total. The SMILES string of the molecule is COc1ccc2[nH]c3c(c2c1)C[C@@]1(C)C(=O)N(CCN2CCC(C)CC2)CC(=O)N1[C@@H]3c1cccc(O)c1. The molecule has 2 fully saturated rings. The van der Waals surface area contributed by atoms with E-state index in [4.69, 9.17) is 4.74 Å². The molecule has 0 bridgehead atoms. The van der Waals surface area contributed by atoms with Gasteiger partial charge < -0.3 is 29.5 Å². The number of methoxy groups -OCH3 is 1. The zero-order valence-corrected chi connectivity index (χ0v) is 22.4. The van der Waals surface area contributed by atoms with Gasteiger partial charge in [0.2, 0.25) is 11.8 Å². The van der Waals surface area contributed by atoms with Gasteiger partial charge in [-0.2, -0.15) is 0 Å². The molecular weight excluding hydrogens is 480 g/mol. The number of likely N-dealkylation sites (tertiary alicyclic amines) is 1. The van der Waals surface area contributed by atoms with Crippen molar-refractivity contribution in [1.29, 1.82) is 0 Å². The number of carbonyl (C=O) groups is 2. The Morgan fingerprint density at radius 1 is 1.11 bits per heavy atom. The molecule has 0 radical (unpaired) electrons. The number of rotatable bonds is 5. The molecule has 2 atom stereocenters. The van der Waals surface area contributed by atoms with Crippen LogP contribution < -0.4 is 4.74 Å². The van der Waals surface area contributed by atoms with E-state index >= 15 is 0 Å². The summed E-state index contributed by atoms with van der Waals surface area (Å²) in [7, 11) is 1.64. The number of phenols is 1. The molecule has 200 valence electrons. The standard InChI is InChI=1S/C30H36N4O4/c1-19-9-11-32(12-10-19)13-14-33-18-26(36)34-28(20-5-4-6-21(35)15-20)27-24(17-30(34,2)29(33)37)23-16-22(38-3)7-8-25(23)31-27/h4-8,15-16,19,28,31,35H,9-14,17-18H2,1-3H3/t28-,30+/m1/s1. The van der Waals surface area contributed by atoms with E-state index in [9.17, 15) is 14.7 Å². The molecule has 0 unspecified atom stereocenters. The van der Waals surface area contributed by atoms with Crippen molar-refractivity contribution < 1.29 is 19.4 Å². The van der Waals surface area contributed by atoms with Gasteiger partial charge in [0.05, 0.1) is 19.7 Å². The van der Waals surface area contributed by atoms with Crippen molar-refractivity contribution in [2.75, 3.05) is 39.8 Å². The van der Waals surface area contributed by atoms with Gasteiger partial charge in [0.15, 0.2) is 0 Å². The third kappa shape index (κ3) is 4.02. The molecule has 8 heteroatoms. The average molecular weight is 517 g/mol. The first-order chi connectivity index (χ1) is 18.3. The Kier molecular flexibility index (Phi) is 6.10. The molecular formula is C30H36N4O4. The number of hydrogen-bond donors (Lipinski definition) is 2. The van der Waals surface area contributed by atoms with Crippen molar-refractivity contribution in [3.63, 3.8) is 0 Å². The number of benzene rings is 2. The minimum absolute atomic E-state index is 0.0180. The number of aromatic hydroxyl groups is 1. The molecule has 6 rings (SSSR count). The summed E-state index contributed by atoms with van der Waals surface area (Å²) in [6.45, 7) is 7.68. The highest BCUT2D eigenvalue weighted by atomic mass is 16.5. The zero-order valence-electron chi connectivity index (χ0n) is 22.4. The van der Waals surface area contributed by atoms with Crippen LogP contribution in [0.3, 0.4) is 0 Å². The fourth-order valence-corrected chi connectivity index (χ4v) is 6.63. The number of fused-ring (bicyclic) bond motifs is 4. The second-order valence-electron chi connectivity index (χ2n) is 11.4. The summed E-state index contributed by atoms with van der Waals surface area (Å²) < 4.78 is 5.50. The Balaban J connectivity index is 1.40. The number of aromatic nitrogens is 1. The van der Waals surface area contributed by atoms with E-state index < -0.39 is 11.6 Å². The van der Waals surface area contributed by atoms with E-state index in [1.54, 1.807) is 35.1 Å². The quantitative estimate of drug-likeness (QED) is 0.540. The third-order valence-electron chi connectivity index (χ3n) is 8.82. The van der Waals surface area contributed by atoms with Crippen LogP contribution in [0.15, 0.2) is 42.5 Å². The highest BCUT2D eigenvalue weighted by Gasteiger charge is 2.56. The van der Waals surface area contributed by atoms with Crippen molar-refractivity contribution in [2.24, 2.45) is 5.92 Å². The number of ether oxygens (including phenoxy) is 1. The predicted octanol–water partition coefficient (Wildman–Crippen LogP) is 3.69. The largest absolute Gasteiger partial charge is 0.508 e. The monoisotopic (exact) mass is 516 g/mol. The topological polar surface area (TPSA) is 89.1 Å². The van der Waals surface area contributed by atoms with Crippen LogP contribution >= 0.6 is 0 Å². The van der Waals surface area contributed by atoms with E-state index in [0.29, 0.717) is 13.0 Å². The number of carbonyl (C=O) groups excluding carboxylic acids is 2. The van der Waals surface area contributed by atoms with Crippen LogP contribution in [0.4, 0.5) is 0 Å². The fraction of sp³-hybridized carbons (Fsp3) is 0.467. The average Bonchev–Trinajstić information content (AvgIpc) is 3.26. The van der Waals surface area contributed by atoms with Gasteiger partial charge in [-0.15, -0.1) is 0 Å². The lowest BCUT2D eigenvalue weighted by atomic mass is 9.78. The summed E-state index contributed by atoms with van der Waals surface area (Å²) >= 11 is 0. The lowest BCUT2D eigenvalue weighted by Gasteiger charge is -2.53. The van der Waals surface area contributed by atoms with Crippen molar-refractivity contribution in [1.82, 2.24) is 19.7 Å². The number of nitrogens with one attached hydrogen (secondary N) is 1. The van der Waals surface area contributed by atoms with Crippen molar-refractivity contribution in [3.8, 4) is 11.5 Å². The van der Waals surface area contributed by atoms with Crippen LogP contribution in [0.1, 0.15) is 49.6 Å². The summed E-state index contributed by atoms with van der Waals surface area (Å²) in [5, 5.41) is 11.3. The minimum Gasteiger partial charge on any atom is -0.508 e.